The Labute approximate surface area is 148 Å². The molecule has 1 atom stereocenters. The van der Waals surface area contributed by atoms with Gasteiger partial charge in [-0.05, 0) is 39.6 Å². The van der Waals surface area contributed by atoms with Crippen molar-refractivity contribution in [2.75, 3.05) is 27.2 Å². The van der Waals surface area contributed by atoms with Crippen LogP contribution in [0, 0.1) is 13.8 Å². The number of nitrogens with one attached hydrogen (secondary N) is 2. The van der Waals surface area contributed by atoms with E-state index in [9.17, 15) is 9.59 Å². The van der Waals surface area contributed by atoms with Crippen LogP contribution in [0.15, 0.2) is 41.0 Å². The summed E-state index contributed by atoms with van der Waals surface area (Å²) < 4.78 is 5.09. The summed E-state index contributed by atoms with van der Waals surface area (Å²) in [6.45, 7) is 4.14. The number of benzene rings is 1. The molecule has 0 saturated carbocycles. The maximum absolute atomic E-state index is 12.0. The number of carbonyl (C=O) groups excluding carboxylic acids is 2. The van der Waals surface area contributed by atoms with E-state index in [0.717, 1.165) is 5.56 Å². The van der Waals surface area contributed by atoms with Gasteiger partial charge < -0.3 is 20.0 Å². The molecule has 0 radical (unpaired) electrons. The molecule has 6 heteroatoms. The molecule has 2 aromatic rings. The van der Waals surface area contributed by atoms with Gasteiger partial charge in [0.1, 0.15) is 5.76 Å². The zero-order valence-corrected chi connectivity index (χ0v) is 15.1. The fourth-order valence-electron chi connectivity index (χ4n) is 2.54. The standard InChI is InChI=1S/C19H25N3O3/c1-13-5-7-15(8-6-13)17(22(3)4)11-20-18(23)12-21-19(24)16-9-10-25-14(16)2/h5-10,17H,11-12H2,1-4H3,(H,20,23)(H,21,24)/t17-/m0/s1. The van der Waals surface area contributed by atoms with E-state index < -0.39 is 0 Å². The number of likely N-dealkylation sites (N-methyl/N-ethyl adjacent to an activating group) is 1. The molecular formula is C19H25N3O3. The fourth-order valence-corrected chi connectivity index (χ4v) is 2.54. The third kappa shape index (κ3) is 5.19. The van der Waals surface area contributed by atoms with Crippen molar-refractivity contribution in [1.82, 2.24) is 15.5 Å². The summed E-state index contributed by atoms with van der Waals surface area (Å²) >= 11 is 0. The summed E-state index contributed by atoms with van der Waals surface area (Å²) in [7, 11) is 3.94. The molecule has 1 aromatic heterocycles. The van der Waals surface area contributed by atoms with Crippen LogP contribution in [-0.4, -0.2) is 43.9 Å². The number of nitrogens with zero attached hydrogens (tertiary/aromatic N) is 1. The average molecular weight is 343 g/mol. The van der Waals surface area contributed by atoms with E-state index in [1.165, 1.54) is 11.8 Å². The van der Waals surface area contributed by atoms with E-state index >= 15 is 0 Å². The van der Waals surface area contributed by atoms with Gasteiger partial charge in [-0.1, -0.05) is 29.8 Å². The number of aryl methyl sites for hydroxylation is 2. The second-order valence-electron chi connectivity index (χ2n) is 6.27. The first-order valence-corrected chi connectivity index (χ1v) is 8.20. The normalized spacial score (nSPS) is 12.0. The third-order valence-corrected chi connectivity index (χ3v) is 4.09. The second kappa shape index (κ2) is 8.48. The molecule has 2 N–H and O–H groups in total. The number of hydrogen-bond acceptors (Lipinski definition) is 4. The van der Waals surface area contributed by atoms with Gasteiger partial charge in [0, 0.05) is 6.54 Å². The summed E-state index contributed by atoms with van der Waals surface area (Å²) in [6, 6.07) is 9.89. The van der Waals surface area contributed by atoms with Crippen LogP contribution in [0.3, 0.4) is 0 Å². The molecule has 0 aliphatic heterocycles. The summed E-state index contributed by atoms with van der Waals surface area (Å²) in [6.07, 6.45) is 1.45. The summed E-state index contributed by atoms with van der Waals surface area (Å²) in [5, 5.41) is 5.47. The SMILES string of the molecule is Cc1ccc([C@H](CNC(=O)CNC(=O)c2ccoc2C)N(C)C)cc1. The molecular weight excluding hydrogens is 318 g/mol. The van der Waals surface area contributed by atoms with Crippen LogP contribution in [0.25, 0.3) is 0 Å². The van der Waals surface area contributed by atoms with E-state index in [-0.39, 0.29) is 24.4 Å². The minimum absolute atomic E-state index is 0.0661. The second-order valence-corrected chi connectivity index (χ2v) is 6.27. The van der Waals surface area contributed by atoms with Crippen molar-refractivity contribution in [2.24, 2.45) is 0 Å². The molecule has 134 valence electrons. The van der Waals surface area contributed by atoms with Gasteiger partial charge in [0.05, 0.1) is 24.4 Å². The lowest BCUT2D eigenvalue weighted by Crippen LogP contribution is -2.40. The van der Waals surface area contributed by atoms with Crippen LogP contribution in [-0.2, 0) is 4.79 Å². The zero-order valence-electron chi connectivity index (χ0n) is 15.1. The van der Waals surface area contributed by atoms with Crippen molar-refractivity contribution in [3.8, 4) is 0 Å². The molecule has 0 saturated heterocycles. The van der Waals surface area contributed by atoms with Gasteiger partial charge in [0.15, 0.2) is 0 Å². The molecule has 0 bridgehead atoms. The monoisotopic (exact) mass is 343 g/mol. The summed E-state index contributed by atoms with van der Waals surface area (Å²) in [5.41, 5.74) is 2.77. The highest BCUT2D eigenvalue weighted by Gasteiger charge is 2.16. The van der Waals surface area contributed by atoms with Gasteiger partial charge in [-0.3, -0.25) is 9.59 Å². The Balaban J connectivity index is 1.86. The maximum atomic E-state index is 12.0. The lowest BCUT2D eigenvalue weighted by molar-refractivity contribution is -0.120. The van der Waals surface area contributed by atoms with Crippen molar-refractivity contribution >= 4 is 11.8 Å². The predicted octanol–water partition coefficient (Wildman–Crippen LogP) is 2.05. The molecule has 0 aliphatic carbocycles. The van der Waals surface area contributed by atoms with Crippen LogP contribution in [0.4, 0.5) is 0 Å². The van der Waals surface area contributed by atoms with E-state index in [0.29, 0.717) is 17.9 Å². The fraction of sp³-hybridized carbons (Fsp3) is 0.368. The molecule has 0 fully saturated rings. The first-order valence-electron chi connectivity index (χ1n) is 8.20. The molecule has 0 aliphatic rings. The van der Waals surface area contributed by atoms with Gasteiger partial charge in [-0.15, -0.1) is 0 Å². The van der Waals surface area contributed by atoms with Crippen molar-refractivity contribution in [3.05, 3.63) is 59.0 Å². The first-order chi connectivity index (χ1) is 11.9. The highest BCUT2D eigenvalue weighted by atomic mass is 16.3. The molecule has 6 nitrogen and oxygen atoms in total. The van der Waals surface area contributed by atoms with Crippen LogP contribution in [0.1, 0.15) is 33.3 Å². The number of furan rings is 1. The zero-order chi connectivity index (χ0) is 18.4. The third-order valence-electron chi connectivity index (χ3n) is 4.09. The first kappa shape index (κ1) is 18.7. The Morgan fingerprint density at radius 2 is 1.76 bits per heavy atom. The number of hydrogen-bond donors (Lipinski definition) is 2. The van der Waals surface area contributed by atoms with Crippen molar-refractivity contribution in [1.29, 1.82) is 0 Å². The Morgan fingerprint density at radius 1 is 1.08 bits per heavy atom. The molecule has 1 heterocycles. The minimum atomic E-state index is -0.316. The Morgan fingerprint density at radius 3 is 2.32 bits per heavy atom. The molecule has 2 amide bonds. The Kier molecular flexibility index (Phi) is 6.36. The molecule has 0 spiro atoms. The smallest absolute Gasteiger partial charge is 0.255 e. The molecule has 25 heavy (non-hydrogen) atoms. The maximum Gasteiger partial charge on any atom is 0.255 e. The molecule has 2 rings (SSSR count). The number of rotatable bonds is 7. The quantitative estimate of drug-likeness (QED) is 0.807. The summed E-state index contributed by atoms with van der Waals surface area (Å²) in [5.74, 6) is -0.0116. The summed E-state index contributed by atoms with van der Waals surface area (Å²) in [4.78, 5) is 26.1. The molecule has 0 unspecified atom stereocenters. The van der Waals surface area contributed by atoms with Crippen molar-refractivity contribution < 1.29 is 14.0 Å². The minimum Gasteiger partial charge on any atom is -0.469 e. The van der Waals surface area contributed by atoms with Crippen molar-refractivity contribution in [2.45, 2.75) is 19.9 Å². The van der Waals surface area contributed by atoms with E-state index in [4.69, 9.17) is 4.42 Å². The predicted molar refractivity (Wildman–Crippen MR) is 96.4 cm³/mol. The topological polar surface area (TPSA) is 74.6 Å². The van der Waals surface area contributed by atoms with Crippen molar-refractivity contribution in [3.63, 3.8) is 0 Å². The lowest BCUT2D eigenvalue weighted by Gasteiger charge is -2.25. The van der Waals surface area contributed by atoms with Gasteiger partial charge in [0.2, 0.25) is 5.91 Å². The van der Waals surface area contributed by atoms with E-state index in [1.807, 2.05) is 21.0 Å². The van der Waals surface area contributed by atoms with E-state index in [2.05, 4.69) is 39.8 Å². The number of amides is 2. The van der Waals surface area contributed by atoms with Crippen LogP contribution < -0.4 is 10.6 Å². The molecule has 1 aromatic carbocycles. The van der Waals surface area contributed by atoms with Crippen LogP contribution >= 0.6 is 0 Å². The average Bonchev–Trinajstić information content (AvgIpc) is 3.00. The van der Waals surface area contributed by atoms with Gasteiger partial charge in [-0.2, -0.15) is 0 Å². The van der Waals surface area contributed by atoms with E-state index in [1.54, 1.807) is 13.0 Å². The van der Waals surface area contributed by atoms with Crippen LogP contribution in [0.2, 0.25) is 0 Å². The highest BCUT2D eigenvalue weighted by molar-refractivity contribution is 5.97. The highest BCUT2D eigenvalue weighted by Crippen LogP contribution is 2.17. The van der Waals surface area contributed by atoms with Gasteiger partial charge in [-0.25, -0.2) is 0 Å². The largest absolute Gasteiger partial charge is 0.469 e. The van der Waals surface area contributed by atoms with Gasteiger partial charge in [0.25, 0.3) is 5.91 Å². The Bertz CT molecular complexity index is 720. The van der Waals surface area contributed by atoms with Gasteiger partial charge >= 0.3 is 0 Å². The lowest BCUT2D eigenvalue weighted by atomic mass is 10.0. The Hall–Kier alpha value is -2.60. The van der Waals surface area contributed by atoms with Crippen LogP contribution in [0.5, 0.6) is 0 Å². The number of carbonyl (C=O) groups is 2.